The molecule has 2 N–H and O–H groups in total. The predicted octanol–water partition coefficient (Wildman–Crippen LogP) is 3.23. The standard InChI is InChI=1S/C19H17ClN4O5/c1-19(8-7-12-5-3-2-4-6-12)17(26)23(18(27)22-19)21-11-13-9-14(20)10-15(16(13)25)24(28)29/h2-6,9-11,25H,7-8H2,1H3,(H,22,27)/b21-11+/t19-/m1/s1. The number of nitrogens with zero attached hydrogens (tertiary/aromatic N) is 3. The Balaban J connectivity index is 1.79. The van der Waals surface area contributed by atoms with E-state index in [2.05, 4.69) is 10.4 Å². The maximum atomic E-state index is 12.7. The maximum Gasteiger partial charge on any atom is 0.346 e. The number of halogens is 1. The molecule has 0 unspecified atom stereocenters. The number of carbonyl (C=O) groups excluding carboxylic acids is 2. The molecule has 2 aromatic rings. The molecule has 1 saturated heterocycles. The van der Waals surface area contributed by atoms with Crippen molar-refractivity contribution < 1.29 is 19.6 Å². The highest BCUT2D eigenvalue weighted by Gasteiger charge is 2.47. The number of aromatic hydroxyl groups is 1. The zero-order chi connectivity index (χ0) is 21.2. The molecule has 1 aliphatic heterocycles. The van der Waals surface area contributed by atoms with Gasteiger partial charge in [0.25, 0.3) is 5.91 Å². The van der Waals surface area contributed by atoms with Crippen molar-refractivity contribution in [1.29, 1.82) is 0 Å². The highest BCUT2D eigenvalue weighted by atomic mass is 35.5. The van der Waals surface area contributed by atoms with Crippen LogP contribution in [0.1, 0.15) is 24.5 Å². The first kappa shape index (κ1) is 20.3. The van der Waals surface area contributed by atoms with Crippen molar-refractivity contribution in [1.82, 2.24) is 10.3 Å². The summed E-state index contributed by atoms with van der Waals surface area (Å²) in [6.45, 7) is 1.60. The number of amides is 3. The number of rotatable bonds is 6. The fourth-order valence-corrected chi connectivity index (χ4v) is 3.17. The second-order valence-electron chi connectivity index (χ2n) is 6.73. The first-order chi connectivity index (χ1) is 13.7. The molecule has 0 aliphatic carbocycles. The lowest BCUT2D eigenvalue weighted by molar-refractivity contribution is -0.385. The number of hydrazone groups is 1. The Morgan fingerprint density at radius 1 is 1.31 bits per heavy atom. The highest BCUT2D eigenvalue weighted by Crippen LogP contribution is 2.32. The molecule has 1 aliphatic rings. The molecular weight excluding hydrogens is 400 g/mol. The van der Waals surface area contributed by atoms with Crippen molar-refractivity contribution in [2.24, 2.45) is 5.10 Å². The molecule has 0 bridgehead atoms. The van der Waals surface area contributed by atoms with E-state index in [-0.39, 0.29) is 10.6 Å². The van der Waals surface area contributed by atoms with Gasteiger partial charge < -0.3 is 10.4 Å². The quantitative estimate of drug-likeness (QED) is 0.323. The lowest BCUT2D eigenvalue weighted by atomic mass is 9.93. The number of carbonyl (C=O) groups is 2. The van der Waals surface area contributed by atoms with Crippen LogP contribution in [0.5, 0.6) is 5.75 Å². The second kappa shape index (κ2) is 7.88. The Hall–Kier alpha value is -3.46. The Bertz CT molecular complexity index is 1010. The fourth-order valence-electron chi connectivity index (χ4n) is 2.94. The van der Waals surface area contributed by atoms with E-state index in [1.807, 2.05) is 30.3 Å². The minimum absolute atomic E-state index is 0.000787. The SMILES string of the molecule is C[C@]1(CCc2ccccc2)NC(=O)N(/N=C/c2cc(Cl)cc([N+](=O)[O-])c2O)C1=O. The third kappa shape index (κ3) is 4.19. The fraction of sp³-hybridized carbons (Fsp3) is 0.211. The van der Waals surface area contributed by atoms with Crippen molar-refractivity contribution in [3.63, 3.8) is 0 Å². The molecule has 1 atom stereocenters. The summed E-state index contributed by atoms with van der Waals surface area (Å²) < 4.78 is 0. The largest absolute Gasteiger partial charge is 0.502 e. The third-order valence-corrected chi connectivity index (χ3v) is 4.81. The van der Waals surface area contributed by atoms with Gasteiger partial charge in [-0.3, -0.25) is 14.9 Å². The van der Waals surface area contributed by atoms with Gasteiger partial charge in [0.2, 0.25) is 5.75 Å². The van der Waals surface area contributed by atoms with Crippen molar-refractivity contribution in [2.45, 2.75) is 25.3 Å². The number of nitrogens with one attached hydrogen (secondary N) is 1. The molecule has 9 nitrogen and oxygen atoms in total. The van der Waals surface area contributed by atoms with E-state index in [1.54, 1.807) is 6.92 Å². The number of urea groups is 1. The van der Waals surface area contributed by atoms with Crippen LogP contribution in [0.25, 0.3) is 0 Å². The van der Waals surface area contributed by atoms with Gasteiger partial charge in [-0.15, -0.1) is 5.01 Å². The minimum Gasteiger partial charge on any atom is -0.502 e. The van der Waals surface area contributed by atoms with Gasteiger partial charge in [-0.1, -0.05) is 41.9 Å². The summed E-state index contributed by atoms with van der Waals surface area (Å²) in [5.74, 6) is -1.23. The smallest absolute Gasteiger partial charge is 0.346 e. The van der Waals surface area contributed by atoms with Crippen LogP contribution < -0.4 is 5.32 Å². The maximum absolute atomic E-state index is 12.7. The first-order valence-electron chi connectivity index (χ1n) is 8.63. The number of benzene rings is 2. The molecule has 0 saturated carbocycles. The summed E-state index contributed by atoms with van der Waals surface area (Å²) in [5, 5.41) is 28.1. The third-order valence-electron chi connectivity index (χ3n) is 4.59. The second-order valence-corrected chi connectivity index (χ2v) is 7.17. The van der Waals surface area contributed by atoms with Gasteiger partial charge in [0.15, 0.2) is 0 Å². The molecule has 2 aromatic carbocycles. The summed E-state index contributed by atoms with van der Waals surface area (Å²) in [6, 6.07) is 11.0. The van der Waals surface area contributed by atoms with Gasteiger partial charge in [-0.05, 0) is 31.4 Å². The zero-order valence-electron chi connectivity index (χ0n) is 15.3. The molecule has 29 heavy (non-hydrogen) atoms. The molecule has 10 heteroatoms. The van der Waals surface area contributed by atoms with Crippen molar-refractivity contribution in [3.05, 3.63) is 68.7 Å². The van der Waals surface area contributed by atoms with E-state index in [1.165, 1.54) is 6.07 Å². The van der Waals surface area contributed by atoms with Gasteiger partial charge >= 0.3 is 11.7 Å². The molecular formula is C19H17ClN4O5. The van der Waals surface area contributed by atoms with E-state index in [0.29, 0.717) is 17.9 Å². The van der Waals surface area contributed by atoms with Crippen LogP contribution in [-0.2, 0) is 11.2 Å². The molecule has 1 heterocycles. The number of aryl methyl sites for hydroxylation is 1. The summed E-state index contributed by atoms with van der Waals surface area (Å²) >= 11 is 5.83. The number of hydrogen-bond acceptors (Lipinski definition) is 6. The number of nitro benzene ring substituents is 1. The van der Waals surface area contributed by atoms with Crippen LogP contribution in [0.2, 0.25) is 5.02 Å². The lowest BCUT2D eigenvalue weighted by Gasteiger charge is -2.20. The van der Waals surface area contributed by atoms with E-state index in [4.69, 9.17) is 11.6 Å². The summed E-state index contributed by atoms with van der Waals surface area (Å²) in [6.07, 6.45) is 1.91. The van der Waals surface area contributed by atoms with Crippen molar-refractivity contribution >= 4 is 35.4 Å². The number of imide groups is 1. The monoisotopic (exact) mass is 416 g/mol. The van der Waals surface area contributed by atoms with Crippen LogP contribution in [0.3, 0.4) is 0 Å². The van der Waals surface area contributed by atoms with E-state index in [0.717, 1.165) is 17.8 Å². The van der Waals surface area contributed by atoms with E-state index in [9.17, 15) is 24.8 Å². The van der Waals surface area contributed by atoms with E-state index < -0.39 is 33.8 Å². The number of nitro groups is 1. The summed E-state index contributed by atoms with van der Waals surface area (Å²) in [4.78, 5) is 35.2. The predicted molar refractivity (Wildman–Crippen MR) is 106 cm³/mol. The zero-order valence-corrected chi connectivity index (χ0v) is 16.1. The number of hydrogen-bond donors (Lipinski definition) is 2. The Labute approximate surface area is 170 Å². The van der Waals surface area contributed by atoms with Gasteiger partial charge in [0, 0.05) is 16.7 Å². The first-order valence-corrected chi connectivity index (χ1v) is 9.00. The van der Waals surface area contributed by atoms with Crippen LogP contribution in [0, 0.1) is 10.1 Å². The number of phenolic OH excluding ortho intramolecular Hbond substituents is 1. The molecule has 3 amide bonds. The van der Waals surface area contributed by atoms with Crippen LogP contribution >= 0.6 is 11.6 Å². The van der Waals surface area contributed by atoms with Gasteiger partial charge in [0.1, 0.15) is 5.54 Å². The topological polar surface area (TPSA) is 125 Å². The van der Waals surface area contributed by atoms with Crippen LogP contribution in [-0.4, -0.2) is 38.7 Å². The van der Waals surface area contributed by atoms with Gasteiger partial charge in [-0.25, -0.2) is 4.79 Å². The minimum atomic E-state index is -1.15. The van der Waals surface area contributed by atoms with Crippen molar-refractivity contribution in [3.8, 4) is 5.75 Å². The van der Waals surface area contributed by atoms with Crippen LogP contribution in [0.4, 0.5) is 10.5 Å². The number of phenols is 1. The normalized spacial score (nSPS) is 19.0. The molecule has 0 spiro atoms. The van der Waals surface area contributed by atoms with Crippen LogP contribution in [0.15, 0.2) is 47.6 Å². The average Bonchev–Trinajstić information content (AvgIpc) is 2.90. The lowest BCUT2D eigenvalue weighted by Crippen LogP contribution is -2.44. The Morgan fingerprint density at radius 3 is 2.66 bits per heavy atom. The Kier molecular flexibility index (Phi) is 5.51. The average molecular weight is 417 g/mol. The van der Waals surface area contributed by atoms with Gasteiger partial charge in [0.05, 0.1) is 11.1 Å². The van der Waals surface area contributed by atoms with E-state index >= 15 is 0 Å². The molecule has 1 fully saturated rings. The molecule has 0 radical (unpaired) electrons. The molecule has 0 aromatic heterocycles. The van der Waals surface area contributed by atoms with Gasteiger partial charge in [-0.2, -0.15) is 5.10 Å². The summed E-state index contributed by atoms with van der Waals surface area (Å²) in [7, 11) is 0. The molecule has 150 valence electrons. The van der Waals surface area contributed by atoms with Crippen molar-refractivity contribution in [2.75, 3.05) is 0 Å². The highest BCUT2D eigenvalue weighted by molar-refractivity contribution is 6.31. The molecule has 3 rings (SSSR count). The Morgan fingerprint density at radius 2 is 2.00 bits per heavy atom. The summed E-state index contributed by atoms with van der Waals surface area (Å²) in [5.41, 5.74) is -0.826.